The lowest BCUT2D eigenvalue weighted by Gasteiger charge is -2.18. The molecular weight excluding hydrogens is 444 g/mol. The molecule has 0 aliphatic carbocycles. The van der Waals surface area contributed by atoms with Crippen LogP contribution in [0.5, 0.6) is 5.75 Å². The van der Waals surface area contributed by atoms with E-state index in [-0.39, 0.29) is 11.8 Å². The number of carbonyl (C=O) groups excluding carboxylic acids is 2. The number of thiazole rings is 1. The Morgan fingerprint density at radius 2 is 1.94 bits per heavy atom. The summed E-state index contributed by atoms with van der Waals surface area (Å²) in [7, 11) is 1.59. The quantitative estimate of drug-likeness (QED) is 0.535. The van der Waals surface area contributed by atoms with Crippen LogP contribution in [-0.4, -0.2) is 29.1 Å². The molecule has 0 radical (unpaired) electrons. The van der Waals surface area contributed by atoms with Crippen LogP contribution in [0, 0.1) is 6.92 Å². The van der Waals surface area contributed by atoms with Crippen LogP contribution >= 0.6 is 23.1 Å². The Labute approximate surface area is 193 Å². The highest BCUT2D eigenvalue weighted by Crippen LogP contribution is 2.33. The van der Waals surface area contributed by atoms with E-state index in [0.29, 0.717) is 32.3 Å². The van der Waals surface area contributed by atoms with Gasteiger partial charge in [-0.2, -0.15) is 0 Å². The highest BCUT2D eigenvalue weighted by Gasteiger charge is 2.25. The van der Waals surface area contributed by atoms with Crippen molar-refractivity contribution in [3.63, 3.8) is 0 Å². The Morgan fingerprint density at radius 1 is 1.19 bits per heavy atom. The third-order valence-corrected chi connectivity index (χ3v) is 6.37. The summed E-state index contributed by atoms with van der Waals surface area (Å²) in [5.74, 6) is 0.314. The topological polar surface area (TPSA) is 83.9 Å². The van der Waals surface area contributed by atoms with Crippen LogP contribution < -0.4 is 15.0 Å². The van der Waals surface area contributed by atoms with Crippen LogP contribution in [0.3, 0.4) is 0 Å². The third-order valence-electron chi connectivity index (χ3n) is 4.61. The molecule has 2 heterocycles. The number of para-hydroxylation sites is 1. The van der Waals surface area contributed by atoms with Crippen LogP contribution in [-0.2, 0) is 9.59 Å². The Kier molecular flexibility index (Phi) is 6.38. The third kappa shape index (κ3) is 4.74. The zero-order valence-electron chi connectivity index (χ0n) is 17.7. The summed E-state index contributed by atoms with van der Waals surface area (Å²) < 4.78 is 5.18. The summed E-state index contributed by atoms with van der Waals surface area (Å²) in [4.78, 5) is 35.8. The van der Waals surface area contributed by atoms with Crippen LogP contribution in [0.25, 0.3) is 6.08 Å². The lowest BCUT2D eigenvalue weighted by molar-refractivity contribution is -0.116. The number of hydrogen-bond donors (Lipinski definition) is 1. The minimum atomic E-state index is -0.226. The highest BCUT2D eigenvalue weighted by atomic mass is 32.2. The Morgan fingerprint density at radius 3 is 2.62 bits per heavy atom. The zero-order valence-corrected chi connectivity index (χ0v) is 19.3. The normalized spacial score (nSPS) is 15.8. The number of amides is 2. The molecule has 162 valence electrons. The van der Waals surface area contributed by atoms with Crippen molar-refractivity contribution >= 4 is 62.7 Å². The first kappa shape index (κ1) is 21.8. The molecule has 2 amide bonds. The lowest BCUT2D eigenvalue weighted by Crippen LogP contribution is -2.22. The number of benzene rings is 2. The standard InChI is InChI=1S/C23H20N4O3S2/c1-14-6-4-5-7-19(14)25-22-26-21(29)20(32-22)12-16-13-31-23(24-16)27(15(2)28)17-8-10-18(30-3)11-9-17/h4-13H,1-3H3,(H,25,26,29)/b20-12+. The number of aliphatic imine (C=N–C) groups is 1. The number of aromatic nitrogens is 1. The van der Waals surface area contributed by atoms with Gasteiger partial charge in [-0.3, -0.25) is 14.5 Å². The summed E-state index contributed by atoms with van der Waals surface area (Å²) in [6, 6.07) is 14.9. The fraction of sp³-hybridized carbons (Fsp3) is 0.130. The predicted molar refractivity (Wildman–Crippen MR) is 130 cm³/mol. The largest absolute Gasteiger partial charge is 0.497 e. The second-order valence-corrected chi connectivity index (χ2v) is 8.74. The van der Waals surface area contributed by atoms with Crippen molar-refractivity contribution in [1.29, 1.82) is 0 Å². The van der Waals surface area contributed by atoms with Gasteiger partial charge in [0.2, 0.25) is 5.91 Å². The van der Waals surface area contributed by atoms with E-state index in [1.54, 1.807) is 37.5 Å². The molecule has 9 heteroatoms. The molecule has 1 N–H and O–H groups in total. The van der Waals surface area contributed by atoms with Gasteiger partial charge < -0.3 is 10.1 Å². The predicted octanol–water partition coefficient (Wildman–Crippen LogP) is 5.04. The van der Waals surface area contributed by atoms with E-state index in [9.17, 15) is 9.59 Å². The number of amidine groups is 1. The van der Waals surface area contributed by atoms with Crippen molar-refractivity contribution in [2.45, 2.75) is 13.8 Å². The average molecular weight is 465 g/mol. The number of thioether (sulfide) groups is 1. The molecular formula is C23H20N4O3S2. The molecule has 0 atom stereocenters. The number of methoxy groups -OCH3 is 1. The molecule has 3 aromatic rings. The molecule has 1 fully saturated rings. The van der Waals surface area contributed by atoms with E-state index in [1.165, 1.54) is 34.9 Å². The molecule has 0 saturated carbocycles. The molecule has 0 spiro atoms. The first-order valence-electron chi connectivity index (χ1n) is 9.70. The van der Waals surface area contributed by atoms with Crippen molar-refractivity contribution in [3.05, 3.63) is 70.1 Å². The molecule has 0 bridgehead atoms. The molecule has 32 heavy (non-hydrogen) atoms. The molecule has 7 nitrogen and oxygen atoms in total. The fourth-order valence-corrected chi connectivity index (χ4v) is 4.68. The first-order chi connectivity index (χ1) is 15.4. The van der Waals surface area contributed by atoms with E-state index >= 15 is 0 Å². The lowest BCUT2D eigenvalue weighted by atomic mass is 10.2. The highest BCUT2D eigenvalue weighted by molar-refractivity contribution is 8.18. The van der Waals surface area contributed by atoms with Crippen molar-refractivity contribution in [2.24, 2.45) is 4.99 Å². The van der Waals surface area contributed by atoms with Crippen LogP contribution in [0.2, 0.25) is 0 Å². The number of hydrogen-bond acceptors (Lipinski definition) is 7. The second-order valence-electron chi connectivity index (χ2n) is 6.88. The van der Waals surface area contributed by atoms with Crippen molar-refractivity contribution in [3.8, 4) is 5.75 Å². The Hall–Kier alpha value is -3.43. The van der Waals surface area contributed by atoms with Crippen molar-refractivity contribution in [1.82, 2.24) is 10.3 Å². The van der Waals surface area contributed by atoms with E-state index in [4.69, 9.17) is 4.74 Å². The monoisotopic (exact) mass is 464 g/mol. The number of rotatable bonds is 5. The number of nitrogens with one attached hydrogen (secondary N) is 1. The van der Waals surface area contributed by atoms with E-state index in [1.807, 2.05) is 36.6 Å². The van der Waals surface area contributed by atoms with Gasteiger partial charge in [0, 0.05) is 12.3 Å². The fourth-order valence-electron chi connectivity index (χ4n) is 3.02. The summed E-state index contributed by atoms with van der Waals surface area (Å²) in [5, 5.41) is 5.64. The molecule has 0 unspecified atom stereocenters. The number of ether oxygens (including phenoxy) is 1. The van der Waals surface area contributed by atoms with Gasteiger partial charge >= 0.3 is 0 Å². The summed E-state index contributed by atoms with van der Waals surface area (Å²) in [6.07, 6.45) is 1.70. The summed E-state index contributed by atoms with van der Waals surface area (Å²) >= 11 is 2.59. The molecule has 1 saturated heterocycles. The van der Waals surface area contributed by atoms with Gasteiger partial charge in [0.25, 0.3) is 5.91 Å². The van der Waals surface area contributed by atoms with Gasteiger partial charge in [-0.1, -0.05) is 18.2 Å². The number of anilines is 2. The molecule has 2 aromatic carbocycles. The van der Waals surface area contributed by atoms with E-state index in [2.05, 4.69) is 15.3 Å². The van der Waals surface area contributed by atoms with Gasteiger partial charge in [-0.25, -0.2) is 9.98 Å². The van der Waals surface area contributed by atoms with Crippen LogP contribution in [0.4, 0.5) is 16.5 Å². The maximum atomic E-state index is 12.4. The summed E-state index contributed by atoms with van der Waals surface area (Å²) in [5.41, 5.74) is 3.12. The SMILES string of the molecule is COc1ccc(N(C(C)=O)c2nc(/C=C3/SC(=Nc4ccccc4C)NC3=O)cs2)cc1. The van der Waals surface area contributed by atoms with Gasteiger partial charge in [-0.05, 0) is 60.7 Å². The summed E-state index contributed by atoms with van der Waals surface area (Å²) in [6.45, 7) is 3.45. The molecule has 1 aromatic heterocycles. The number of nitrogens with zero attached hydrogens (tertiary/aromatic N) is 3. The Balaban J connectivity index is 1.56. The van der Waals surface area contributed by atoms with Gasteiger partial charge in [0.1, 0.15) is 5.75 Å². The zero-order chi connectivity index (χ0) is 22.7. The maximum absolute atomic E-state index is 12.4. The van der Waals surface area contributed by atoms with Gasteiger partial charge in [0.15, 0.2) is 10.3 Å². The molecule has 4 rings (SSSR count). The van der Waals surface area contributed by atoms with Crippen molar-refractivity contribution < 1.29 is 14.3 Å². The second kappa shape index (κ2) is 9.37. The van der Waals surface area contributed by atoms with Gasteiger partial charge in [0.05, 0.1) is 29.1 Å². The van der Waals surface area contributed by atoms with Gasteiger partial charge in [-0.15, -0.1) is 11.3 Å². The number of aryl methyl sites for hydroxylation is 1. The number of carbonyl (C=O) groups is 2. The van der Waals surface area contributed by atoms with Crippen LogP contribution in [0.15, 0.2) is 63.8 Å². The maximum Gasteiger partial charge on any atom is 0.264 e. The van der Waals surface area contributed by atoms with Crippen LogP contribution in [0.1, 0.15) is 18.2 Å². The smallest absolute Gasteiger partial charge is 0.264 e. The molecule has 1 aliphatic heterocycles. The first-order valence-corrected chi connectivity index (χ1v) is 11.4. The Bertz CT molecular complexity index is 1230. The van der Waals surface area contributed by atoms with Crippen molar-refractivity contribution in [2.75, 3.05) is 12.0 Å². The molecule has 1 aliphatic rings. The minimum Gasteiger partial charge on any atom is -0.497 e. The minimum absolute atomic E-state index is 0.163. The van der Waals surface area contributed by atoms with E-state index < -0.39 is 0 Å². The average Bonchev–Trinajstić information content (AvgIpc) is 3.37. The van der Waals surface area contributed by atoms with E-state index in [0.717, 1.165) is 11.3 Å².